The average Bonchev–Trinajstić information content (AvgIpc) is 2.76. The van der Waals surface area contributed by atoms with Crippen LogP contribution in [0.25, 0.3) is 0 Å². The summed E-state index contributed by atoms with van der Waals surface area (Å²) in [5.74, 6) is 5.42. The minimum atomic E-state index is -1.94. The molecule has 0 fully saturated rings. The molecule has 1 rings (SSSR count). The van der Waals surface area contributed by atoms with E-state index in [2.05, 4.69) is 57.9 Å². The lowest BCUT2D eigenvalue weighted by molar-refractivity contribution is -0.116. The molecule has 0 radical (unpaired) electrons. The summed E-state index contributed by atoms with van der Waals surface area (Å²) in [6.07, 6.45) is 6.21. The Balaban J connectivity index is 2.66. The lowest BCUT2D eigenvalue weighted by Gasteiger charge is -2.36. The van der Waals surface area contributed by atoms with E-state index in [1.807, 2.05) is 30.3 Å². The maximum Gasteiger partial charge on any atom is 0.408 e. The van der Waals surface area contributed by atoms with Gasteiger partial charge in [0.15, 0.2) is 8.32 Å². The highest BCUT2D eigenvalue weighted by Crippen LogP contribution is 2.36. The van der Waals surface area contributed by atoms with Crippen LogP contribution in [0.1, 0.15) is 78.2 Å². The van der Waals surface area contributed by atoms with Gasteiger partial charge in [-0.1, -0.05) is 89.6 Å². The maximum atomic E-state index is 12.8. The van der Waals surface area contributed by atoms with Crippen molar-refractivity contribution in [1.82, 2.24) is 5.32 Å². The van der Waals surface area contributed by atoms with Crippen molar-refractivity contribution in [3.05, 3.63) is 35.9 Å². The largest absolute Gasteiger partial charge is 0.445 e. The molecule has 0 saturated heterocycles. The number of benzene rings is 1. The minimum absolute atomic E-state index is 0.0755. The fourth-order valence-corrected chi connectivity index (χ4v) is 3.94. The molecule has 0 aliphatic heterocycles. The van der Waals surface area contributed by atoms with E-state index in [-0.39, 0.29) is 17.4 Å². The van der Waals surface area contributed by atoms with Crippen LogP contribution >= 0.6 is 0 Å². The molecule has 0 spiro atoms. The third-order valence-electron chi connectivity index (χ3n) is 6.11. The number of hydrogen-bond acceptors (Lipinski definition) is 4. The molecule has 0 bridgehead atoms. The molecular weight excluding hydrogens is 430 g/mol. The van der Waals surface area contributed by atoms with Crippen LogP contribution in [0.15, 0.2) is 30.3 Å². The summed E-state index contributed by atoms with van der Waals surface area (Å²) in [5, 5.41) is 2.78. The second-order valence-corrected chi connectivity index (χ2v) is 14.8. The first kappa shape index (κ1) is 28.9. The van der Waals surface area contributed by atoms with E-state index in [0.717, 1.165) is 18.4 Å². The number of hydrogen-bond donors (Lipinski definition) is 1. The quantitative estimate of drug-likeness (QED) is 0.151. The number of carbonyl (C=O) groups excluding carboxylic acids is 2. The van der Waals surface area contributed by atoms with Crippen LogP contribution in [-0.2, 0) is 20.6 Å². The van der Waals surface area contributed by atoms with Gasteiger partial charge in [-0.05, 0) is 42.5 Å². The summed E-state index contributed by atoms with van der Waals surface area (Å²) in [7, 11) is -1.94. The van der Waals surface area contributed by atoms with Crippen molar-refractivity contribution in [2.75, 3.05) is 6.61 Å². The van der Waals surface area contributed by atoms with E-state index in [1.54, 1.807) is 0 Å². The Labute approximate surface area is 202 Å². The van der Waals surface area contributed by atoms with Crippen LogP contribution in [0.5, 0.6) is 0 Å². The standard InChI is InChI=1S/C27H43NO4Si/c1-7-8-9-10-11-12-16-19-25(29)24(20-21-32-33(5,6)27(2,3)4)28-26(30)31-22-23-17-14-13-15-18-23/h13-15,17-18,24H,7-12,20-22H2,1-6H3,(H,28,30)/t24-/m0/s1. The average molecular weight is 474 g/mol. The first-order chi connectivity index (χ1) is 15.6. The highest BCUT2D eigenvalue weighted by molar-refractivity contribution is 6.74. The number of ether oxygens (including phenoxy) is 1. The van der Waals surface area contributed by atoms with Crippen molar-refractivity contribution in [1.29, 1.82) is 0 Å². The number of carbonyl (C=O) groups is 2. The number of nitrogens with one attached hydrogen (secondary N) is 1. The minimum Gasteiger partial charge on any atom is -0.445 e. The Kier molecular flexibility index (Phi) is 13.1. The molecule has 0 unspecified atom stereocenters. The molecule has 33 heavy (non-hydrogen) atoms. The molecule has 184 valence electrons. The Morgan fingerprint density at radius 1 is 1.06 bits per heavy atom. The van der Waals surface area contributed by atoms with E-state index >= 15 is 0 Å². The zero-order chi connectivity index (χ0) is 24.7. The van der Waals surface area contributed by atoms with Crippen LogP contribution in [-0.4, -0.2) is 32.8 Å². The van der Waals surface area contributed by atoms with Crippen molar-refractivity contribution in [2.24, 2.45) is 0 Å². The van der Waals surface area contributed by atoms with Crippen LogP contribution in [0.3, 0.4) is 0 Å². The number of unbranched alkanes of at least 4 members (excludes halogenated alkanes) is 5. The third kappa shape index (κ3) is 12.1. The molecule has 0 aliphatic carbocycles. The molecule has 0 heterocycles. The van der Waals surface area contributed by atoms with Crippen molar-refractivity contribution < 1.29 is 18.8 Å². The van der Waals surface area contributed by atoms with Gasteiger partial charge < -0.3 is 14.5 Å². The van der Waals surface area contributed by atoms with E-state index in [1.165, 1.54) is 19.3 Å². The molecule has 1 aromatic carbocycles. The first-order valence-electron chi connectivity index (χ1n) is 12.2. The monoisotopic (exact) mass is 473 g/mol. The maximum absolute atomic E-state index is 12.8. The number of ketones is 1. The molecule has 0 saturated carbocycles. The molecule has 1 aromatic rings. The van der Waals surface area contributed by atoms with Gasteiger partial charge in [-0.25, -0.2) is 4.79 Å². The number of alkyl carbamates (subject to hydrolysis) is 1. The van der Waals surface area contributed by atoms with Gasteiger partial charge in [0.2, 0.25) is 5.78 Å². The number of rotatable bonds is 13. The summed E-state index contributed by atoms with van der Waals surface area (Å²) in [6, 6.07) is 8.70. The highest BCUT2D eigenvalue weighted by atomic mass is 28.4. The first-order valence-corrected chi connectivity index (χ1v) is 15.1. The van der Waals surface area contributed by atoms with Gasteiger partial charge in [0, 0.05) is 13.0 Å². The second-order valence-electron chi connectivity index (χ2n) is 9.99. The Morgan fingerprint density at radius 2 is 1.73 bits per heavy atom. The summed E-state index contributed by atoms with van der Waals surface area (Å²) < 4.78 is 11.5. The van der Waals surface area contributed by atoms with Gasteiger partial charge in [0.25, 0.3) is 0 Å². The molecule has 5 nitrogen and oxygen atoms in total. The van der Waals surface area contributed by atoms with Crippen molar-refractivity contribution >= 4 is 20.2 Å². The van der Waals surface area contributed by atoms with Crippen molar-refractivity contribution in [2.45, 2.75) is 103 Å². The highest BCUT2D eigenvalue weighted by Gasteiger charge is 2.37. The molecule has 1 atom stereocenters. The molecule has 0 aliphatic rings. The van der Waals surface area contributed by atoms with E-state index in [0.29, 0.717) is 19.4 Å². The normalized spacial score (nSPS) is 12.4. The van der Waals surface area contributed by atoms with Gasteiger partial charge in [0.05, 0.1) is 0 Å². The molecular formula is C27H43NO4Si. The number of Topliss-reactive ketones (excluding diaryl/α,β-unsaturated/α-hetero) is 1. The predicted octanol–water partition coefficient (Wildman–Crippen LogP) is 6.63. The van der Waals surface area contributed by atoms with Gasteiger partial charge in [-0.3, -0.25) is 4.79 Å². The zero-order valence-corrected chi connectivity index (χ0v) is 22.5. The SMILES string of the molecule is CCCCCCCC#CC(=O)[C@H](CCO[Si](C)(C)C(C)(C)C)NC(=O)OCc1ccccc1. The lowest BCUT2D eigenvalue weighted by Crippen LogP contribution is -2.44. The lowest BCUT2D eigenvalue weighted by atomic mass is 10.1. The van der Waals surface area contributed by atoms with Crippen LogP contribution in [0.2, 0.25) is 18.1 Å². The van der Waals surface area contributed by atoms with E-state index < -0.39 is 20.5 Å². The third-order valence-corrected chi connectivity index (χ3v) is 10.7. The predicted molar refractivity (Wildman–Crippen MR) is 137 cm³/mol. The summed E-state index contributed by atoms with van der Waals surface area (Å²) in [4.78, 5) is 25.1. The Morgan fingerprint density at radius 3 is 2.36 bits per heavy atom. The van der Waals surface area contributed by atoms with E-state index in [4.69, 9.17) is 9.16 Å². The van der Waals surface area contributed by atoms with Crippen molar-refractivity contribution in [3.8, 4) is 11.8 Å². The van der Waals surface area contributed by atoms with Crippen LogP contribution in [0, 0.1) is 11.8 Å². The molecule has 6 heteroatoms. The fraction of sp³-hybridized carbons (Fsp3) is 0.630. The molecule has 0 aromatic heterocycles. The van der Waals surface area contributed by atoms with Gasteiger partial charge in [0.1, 0.15) is 12.6 Å². The summed E-state index contributed by atoms with van der Waals surface area (Å²) >= 11 is 0. The van der Waals surface area contributed by atoms with Crippen LogP contribution < -0.4 is 5.32 Å². The Hall–Kier alpha value is -2.10. The van der Waals surface area contributed by atoms with Gasteiger partial charge in [-0.2, -0.15) is 0 Å². The fourth-order valence-electron chi connectivity index (χ4n) is 2.88. The van der Waals surface area contributed by atoms with Gasteiger partial charge >= 0.3 is 6.09 Å². The van der Waals surface area contributed by atoms with Crippen molar-refractivity contribution in [3.63, 3.8) is 0 Å². The van der Waals surface area contributed by atoms with Crippen LogP contribution in [0.4, 0.5) is 4.79 Å². The molecule has 1 amide bonds. The summed E-state index contributed by atoms with van der Waals surface area (Å²) in [5.41, 5.74) is 0.889. The Bertz CT molecular complexity index is 775. The van der Waals surface area contributed by atoms with E-state index in [9.17, 15) is 9.59 Å². The zero-order valence-electron chi connectivity index (χ0n) is 21.5. The topological polar surface area (TPSA) is 64.6 Å². The summed E-state index contributed by atoms with van der Waals surface area (Å²) in [6.45, 7) is 13.6. The number of amides is 1. The molecule has 1 N–H and O–H groups in total. The van der Waals surface area contributed by atoms with Gasteiger partial charge in [-0.15, -0.1) is 0 Å². The smallest absolute Gasteiger partial charge is 0.408 e. The second kappa shape index (κ2) is 14.9.